The maximum absolute atomic E-state index is 6.37. The van der Waals surface area contributed by atoms with Crippen LogP contribution < -0.4 is 4.74 Å². The van der Waals surface area contributed by atoms with E-state index in [-0.39, 0.29) is 0 Å². The number of ether oxygens (including phenoxy) is 1. The molecule has 1 aromatic heterocycles. The van der Waals surface area contributed by atoms with Crippen LogP contribution in [0.4, 0.5) is 0 Å². The molecule has 120 valence electrons. The Morgan fingerprint density at radius 1 is 1.32 bits per heavy atom. The Hall–Kier alpha value is -1.00. The van der Waals surface area contributed by atoms with Gasteiger partial charge in [0.2, 0.25) is 0 Å². The minimum Gasteiger partial charge on any atom is -0.494 e. The summed E-state index contributed by atoms with van der Waals surface area (Å²) < 4.78 is 8.71. The topological polar surface area (TPSA) is 27.1 Å². The van der Waals surface area contributed by atoms with Crippen molar-refractivity contribution in [3.63, 3.8) is 0 Å². The van der Waals surface area contributed by atoms with Gasteiger partial charge in [-0.05, 0) is 53.4 Å². The van der Waals surface area contributed by atoms with Gasteiger partial charge in [-0.1, -0.05) is 37.4 Å². The lowest BCUT2D eigenvalue weighted by molar-refractivity contribution is 0.306. The predicted octanol–water partition coefficient (Wildman–Crippen LogP) is 5.42. The Morgan fingerprint density at radius 3 is 2.77 bits per heavy atom. The molecule has 0 radical (unpaired) electrons. The third-order valence-corrected chi connectivity index (χ3v) is 4.34. The zero-order chi connectivity index (χ0) is 15.9. The molecule has 0 saturated heterocycles. The van der Waals surface area contributed by atoms with Crippen LogP contribution in [0.5, 0.6) is 5.75 Å². The van der Waals surface area contributed by atoms with Crippen LogP contribution in [-0.2, 0) is 13.0 Å². The van der Waals surface area contributed by atoms with Crippen LogP contribution in [0.1, 0.15) is 37.6 Å². The van der Waals surface area contributed by atoms with E-state index in [1.807, 2.05) is 25.3 Å². The normalized spacial score (nSPS) is 10.9. The quantitative estimate of drug-likeness (QED) is 0.567. The Bertz CT molecular complexity index is 613. The van der Waals surface area contributed by atoms with Crippen LogP contribution in [0, 0.1) is 6.92 Å². The molecule has 0 aliphatic rings. The second kappa shape index (κ2) is 8.59. The monoisotopic (exact) mass is 384 g/mol. The summed E-state index contributed by atoms with van der Waals surface area (Å²) in [5.74, 6) is 1.85. The van der Waals surface area contributed by atoms with Gasteiger partial charge >= 0.3 is 0 Å². The number of aromatic nitrogens is 2. The summed E-state index contributed by atoms with van der Waals surface area (Å²) in [5, 5.41) is 0.768. The van der Waals surface area contributed by atoms with E-state index in [0.29, 0.717) is 0 Å². The summed E-state index contributed by atoms with van der Waals surface area (Å²) >= 11 is 9.76. The molecule has 1 aromatic carbocycles. The molecule has 0 N–H and O–H groups in total. The molecule has 22 heavy (non-hydrogen) atoms. The molecule has 0 atom stereocenters. The predicted molar refractivity (Wildman–Crippen MR) is 94.8 cm³/mol. The highest BCUT2D eigenvalue weighted by atomic mass is 79.9. The zero-order valence-electron chi connectivity index (χ0n) is 13.1. The highest BCUT2D eigenvalue weighted by Gasteiger charge is 2.06. The number of imidazole rings is 1. The van der Waals surface area contributed by atoms with Crippen LogP contribution >= 0.6 is 27.5 Å². The minimum absolute atomic E-state index is 0.756. The van der Waals surface area contributed by atoms with Crippen LogP contribution in [0.15, 0.2) is 29.0 Å². The summed E-state index contributed by atoms with van der Waals surface area (Å²) in [7, 11) is 0. The van der Waals surface area contributed by atoms with Crippen molar-refractivity contribution in [1.29, 1.82) is 0 Å². The Kier molecular flexibility index (Phi) is 6.77. The smallest absolute Gasteiger partial charge is 0.124 e. The van der Waals surface area contributed by atoms with Gasteiger partial charge in [0.15, 0.2) is 0 Å². The summed E-state index contributed by atoms with van der Waals surface area (Å²) in [5.41, 5.74) is 1.13. The second-order valence-electron chi connectivity index (χ2n) is 5.36. The fourth-order valence-corrected chi connectivity index (χ4v) is 3.07. The van der Waals surface area contributed by atoms with Crippen molar-refractivity contribution in [2.45, 2.75) is 46.1 Å². The Labute approximate surface area is 145 Å². The van der Waals surface area contributed by atoms with Crippen molar-refractivity contribution in [2.24, 2.45) is 0 Å². The molecule has 0 aliphatic carbocycles. The van der Waals surface area contributed by atoms with E-state index in [1.165, 1.54) is 12.8 Å². The van der Waals surface area contributed by atoms with Gasteiger partial charge < -0.3 is 9.30 Å². The van der Waals surface area contributed by atoms with E-state index < -0.39 is 0 Å². The lowest BCUT2D eigenvalue weighted by atomic mass is 10.1. The van der Waals surface area contributed by atoms with Crippen molar-refractivity contribution in [3.8, 4) is 5.75 Å². The molecule has 0 fully saturated rings. The first kappa shape index (κ1) is 17.4. The molecule has 0 unspecified atom stereocenters. The molecule has 2 rings (SSSR count). The number of hydrogen-bond acceptors (Lipinski definition) is 2. The number of hydrogen-bond donors (Lipinski definition) is 0. The number of benzene rings is 1. The number of halogens is 2. The van der Waals surface area contributed by atoms with Gasteiger partial charge in [-0.2, -0.15) is 0 Å². The minimum atomic E-state index is 0.756. The average molecular weight is 386 g/mol. The van der Waals surface area contributed by atoms with Crippen molar-refractivity contribution >= 4 is 27.5 Å². The number of nitrogens with zero attached hydrogens (tertiary/aromatic N) is 2. The molecular weight excluding hydrogens is 364 g/mol. The molecule has 0 spiro atoms. The van der Waals surface area contributed by atoms with Gasteiger partial charge in [-0.25, -0.2) is 4.98 Å². The summed E-state index contributed by atoms with van der Waals surface area (Å²) in [6.07, 6.45) is 6.36. The summed E-state index contributed by atoms with van der Waals surface area (Å²) in [4.78, 5) is 4.34. The molecule has 2 aromatic rings. The van der Waals surface area contributed by atoms with E-state index in [9.17, 15) is 0 Å². The highest BCUT2D eigenvalue weighted by molar-refractivity contribution is 9.10. The lowest BCUT2D eigenvalue weighted by Crippen LogP contribution is -2.03. The highest BCUT2D eigenvalue weighted by Crippen LogP contribution is 2.24. The van der Waals surface area contributed by atoms with Gasteiger partial charge in [-0.3, -0.25) is 0 Å². The first-order valence-electron chi connectivity index (χ1n) is 7.70. The lowest BCUT2D eigenvalue weighted by Gasteiger charge is -2.10. The standard InChI is InChI=1S/C17H22BrClN2O/c1-3-4-5-10-22-15-7-6-14(16(19)11-15)8-9-21-12-17(18)20-13(21)2/h6-7,11-12H,3-5,8-10H2,1-2H3. The Balaban J connectivity index is 1.90. The van der Waals surface area contributed by atoms with Crippen LogP contribution in [-0.4, -0.2) is 16.2 Å². The third-order valence-electron chi connectivity index (χ3n) is 3.61. The van der Waals surface area contributed by atoms with Crippen molar-refractivity contribution in [2.75, 3.05) is 6.61 Å². The second-order valence-corrected chi connectivity index (χ2v) is 6.58. The third kappa shape index (κ3) is 5.03. The maximum atomic E-state index is 6.37. The molecule has 0 saturated carbocycles. The van der Waals surface area contributed by atoms with Crippen LogP contribution in [0.25, 0.3) is 0 Å². The number of aryl methyl sites for hydroxylation is 3. The van der Waals surface area contributed by atoms with Gasteiger partial charge in [0.05, 0.1) is 6.61 Å². The van der Waals surface area contributed by atoms with Crippen LogP contribution in [0.2, 0.25) is 5.02 Å². The van der Waals surface area contributed by atoms with Gasteiger partial charge in [0, 0.05) is 17.8 Å². The van der Waals surface area contributed by atoms with Gasteiger partial charge in [0.25, 0.3) is 0 Å². The largest absolute Gasteiger partial charge is 0.494 e. The van der Waals surface area contributed by atoms with Crippen LogP contribution in [0.3, 0.4) is 0 Å². The first-order valence-corrected chi connectivity index (χ1v) is 8.87. The summed E-state index contributed by atoms with van der Waals surface area (Å²) in [6.45, 7) is 5.80. The molecular formula is C17H22BrClN2O. The van der Waals surface area contributed by atoms with Crippen molar-refractivity contribution < 1.29 is 4.74 Å². The molecule has 0 bridgehead atoms. The fraction of sp³-hybridized carbons (Fsp3) is 0.471. The molecule has 5 heteroatoms. The zero-order valence-corrected chi connectivity index (χ0v) is 15.5. The van der Waals surface area contributed by atoms with E-state index >= 15 is 0 Å². The number of unbranched alkanes of at least 4 members (excludes halogenated alkanes) is 2. The molecule has 0 amide bonds. The van der Waals surface area contributed by atoms with E-state index in [0.717, 1.165) is 52.8 Å². The number of rotatable bonds is 8. The van der Waals surface area contributed by atoms with Gasteiger partial charge in [0.1, 0.15) is 16.2 Å². The molecule has 1 heterocycles. The van der Waals surface area contributed by atoms with Crippen molar-refractivity contribution in [1.82, 2.24) is 9.55 Å². The van der Waals surface area contributed by atoms with E-state index in [1.54, 1.807) is 0 Å². The molecule has 0 aliphatic heterocycles. The van der Waals surface area contributed by atoms with Crippen molar-refractivity contribution in [3.05, 3.63) is 45.4 Å². The van der Waals surface area contributed by atoms with Gasteiger partial charge in [-0.15, -0.1) is 0 Å². The fourth-order valence-electron chi connectivity index (χ4n) is 2.30. The van der Waals surface area contributed by atoms with E-state index in [2.05, 4.69) is 38.5 Å². The Morgan fingerprint density at radius 2 is 2.14 bits per heavy atom. The summed E-state index contributed by atoms with van der Waals surface area (Å²) in [6, 6.07) is 5.97. The first-order chi connectivity index (χ1) is 10.6. The molecule has 3 nitrogen and oxygen atoms in total. The van der Waals surface area contributed by atoms with E-state index in [4.69, 9.17) is 16.3 Å². The SMILES string of the molecule is CCCCCOc1ccc(CCn2cc(Br)nc2C)c(Cl)c1. The maximum Gasteiger partial charge on any atom is 0.124 e. The average Bonchev–Trinajstić information content (AvgIpc) is 2.81.